The van der Waals surface area contributed by atoms with Gasteiger partial charge in [-0.3, -0.25) is 4.79 Å². The van der Waals surface area contributed by atoms with E-state index in [1.54, 1.807) is 0 Å². The molecule has 5 nitrogen and oxygen atoms in total. The molecule has 5 heteroatoms. The van der Waals surface area contributed by atoms with Crippen LogP contribution in [0.1, 0.15) is 50.7 Å². The van der Waals surface area contributed by atoms with Crippen molar-refractivity contribution in [1.82, 2.24) is 0 Å². The van der Waals surface area contributed by atoms with Crippen LogP contribution in [-0.2, 0) is 20.7 Å². The molecule has 0 radical (unpaired) electrons. The van der Waals surface area contributed by atoms with Gasteiger partial charge >= 0.3 is 0 Å². The molecule has 1 aromatic rings. The molecule has 0 aliphatic heterocycles. The number of aliphatic hydroxyl groups excluding tert-OH is 2. The van der Waals surface area contributed by atoms with Crippen molar-refractivity contribution in [1.29, 1.82) is 0 Å². The van der Waals surface area contributed by atoms with Crippen LogP contribution in [-0.4, -0.2) is 42.8 Å². The van der Waals surface area contributed by atoms with Crippen LogP contribution >= 0.6 is 0 Å². The van der Waals surface area contributed by atoms with Crippen molar-refractivity contribution in [2.45, 2.75) is 52.2 Å². The van der Waals surface area contributed by atoms with Gasteiger partial charge in [0.25, 0.3) is 6.47 Å². The predicted octanol–water partition coefficient (Wildman–Crippen LogP) is 2.64. The fourth-order valence-corrected chi connectivity index (χ4v) is 2.19. The number of carbonyl (C=O) groups is 1. The molecule has 23 heavy (non-hydrogen) atoms. The number of benzene rings is 1. The maximum Gasteiger partial charge on any atom is 0.295 e. The molecule has 1 rings (SSSR count). The first kappa shape index (κ1) is 21.6. The molecular formula is C18H30O5. The largest absolute Gasteiger partial charge is 0.437 e. The molecule has 2 unspecified atom stereocenters. The number of unbranched alkanes of at least 4 members (excludes halogenated alkanes) is 1. The smallest absolute Gasteiger partial charge is 0.295 e. The SMILES string of the molecule is CCCCc1ccccc1C(CO)C(O)OC=O.CCOCC. The lowest BCUT2D eigenvalue weighted by molar-refractivity contribution is -0.157. The summed E-state index contributed by atoms with van der Waals surface area (Å²) in [5.74, 6) is -0.594. The van der Waals surface area contributed by atoms with Gasteiger partial charge in [-0.25, -0.2) is 0 Å². The van der Waals surface area contributed by atoms with Crippen molar-refractivity contribution in [3.63, 3.8) is 0 Å². The summed E-state index contributed by atoms with van der Waals surface area (Å²) in [6.45, 7) is 7.70. The standard InChI is InChI=1S/C14H20O4.C4H10O/c1-2-3-6-11-7-4-5-8-12(11)13(9-15)14(17)18-10-16;1-3-5-4-2/h4-5,7-8,10,13-15,17H,2-3,6,9H2,1H3;3-4H2,1-2H3. The lowest BCUT2D eigenvalue weighted by Crippen LogP contribution is -2.25. The van der Waals surface area contributed by atoms with Crippen molar-refractivity contribution in [3.05, 3.63) is 35.4 Å². The molecule has 0 aliphatic carbocycles. The van der Waals surface area contributed by atoms with Gasteiger partial charge in [0.15, 0.2) is 0 Å². The molecule has 0 bridgehead atoms. The van der Waals surface area contributed by atoms with E-state index < -0.39 is 12.2 Å². The fourth-order valence-electron chi connectivity index (χ4n) is 2.19. The number of hydrogen-bond donors (Lipinski definition) is 2. The highest BCUT2D eigenvalue weighted by Gasteiger charge is 2.23. The van der Waals surface area contributed by atoms with Crippen LogP contribution in [0.4, 0.5) is 0 Å². The average Bonchev–Trinajstić information content (AvgIpc) is 2.56. The number of carbonyl (C=O) groups excluding carboxylic acids is 1. The molecular weight excluding hydrogens is 296 g/mol. The zero-order chi connectivity index (χ0) is 17.5. The first-order chi connectivity index (χ1) is 11.2. The second kappa shape index (κ2) is 14.2. The minimum atomic E-state index is -1.31. The number of hydrogen-bond acceptors (Lipinski definition) is 5. The summed E-state index contributed by atoms with van der Waals surface area (Å²) >= 11 is 0. The van der Waals surface area contributed by atoms with Crippen molar-refractivity contribution in [2.24, 2.45) is 0 Å². The van der Waals surface area contributed by atoms with Gasteiger partial charge < -0.3 is 19.7 Å². The van der Waals surface area contributed by atoms with Gasteiger partial charge in [0.1, 0.15) is 0 Å². The molecule has 0 heterocycles. The van der Waals surface area contributed by atoms with Crippen LogP contribution in [0.2, 0.25) is 0 Å². The molecule has 0 spiro atoms. The van der Waals surface area contributed by atoms with E-state index in [2.05, 4.69) is 11.7 Å². The Kier molecular flexibility index (Phi) is 13.3. The lowest BCUT2D eigenvalue weighted by atomic mass is 9.91. The summed E-state index contributed by atoms with van der Waals surface area (Å²) in [7, 11) is 0. The summed E-state index contributed by atoms with van der Waals surface area (Å²) in [5.41, 5.74) is 1.91. The Hall–Kier alpha value is -1.43. The van der Waals surface area contributed by atoms with Crippen molar-refractivity contribution < 1.29 is 24.5 Å². The Labute approximate surface area is 139 Å². The van der Waals surface area contributed by atoms with Crippen LogP contribution in [0.3, 0.4) is 0 Å². The second-order valence-corrected chi connectivity index (χ2v) is 5.00. The Balaban J connectivity index is 0.000000841. The molecule has 0 amide bonds. The van der Waals surface area contributed by atoms with E-state index in [0.29, 0.717) is 0 Å². The van der Waals surface area contributed by atoms with E-state index in [1.807, 2.05) is 38.1 Å². The molecule has 0 aromatic heterocycles. The molecule has 0 saturated carbocycles. The quantitative estimate of drug-likeness (QED) is 0.511. The molecule has 2 atom stereocenters. The van der Waals surface area contributed by atoms with Gasteiger partial charge in [0, 0.05) is 13.2 Å². The van der Waals surface area contributed by atoms with Gasteiger partial charge in [-0.2, -0.15) is 0 Å². The first-order valence-corrected chi connectivity index (χ1v) is 8.19. The summed E-state index contributed by atoms with van der Waals surface area (Å²) in [4.78, 5) is 10.3. The third-order valence-corrected chi connectivity index (χ3v) is 3.40. The number of aryl methyl sites for hydroxylation is 1. The number of aliphatic hydroxyl groups is 2. The molecule has 0 fully saturated rings. The normalized spacial score (nSPS) is 12.7. The summed E-state index contributed by atoms with van der Waals surface area (Å²) in [5, 5.41) is 19.1. The van der Waals surface area contributed by atoms with E-state index in [9.17, 15) is 15.0 Å². The highest BCUT2D eigenvalue weighted by Crippen LogP contribution is 2.25. The Morgan fingerprint density at radius 3 is 2.30 bits per heavy atom. The topological polar surface area (TPSA) is 76.0 Å². The van der Waals surface area contributed by atoms with Crippen LogP contribution in [0.25, 0.3) is 0 Å². The Morgan fingerprint density at radius 2 is 1.83 bits per heavy atom. The van der Waals surface area contributed by atoms with Gasteiger partial charge in [-0.15, -0.1) is 0 Å². The molecule has 1 aromatic carbocycles. The van der Waals surface area contributed by atoms with E-state index >= 15 is 0 Å². The monoisotopic (exact) mass is 326 g/mol. The zero-order valence-electron chi connectivity index (χ0n) is 14.4. The highest BCUT2D eigenvalue weighted by molar-refractivity contribution is 5.38. The van der Waals surface area contributed by atoms with E-state index in [4.69, 9.17) is 4.74 Å². The van der Waals surface area contributed by atoms with Crippen LogP contribution in [0.15, 0.2) is 24.3 Å². The van der Waals surface area contributed by atoms with Crippen molar-refractivity contribution in [3.8, 4) is 0 Å². The summed E-state index contributed by atoms with van der Waals surface area (Å²) in [6.07, 6.45) is 1.69. The van der Waals surface area contributed by atoms with Crippen molar-refractivity contribution in [2.75, 3.05) is 19.8 Å². The van der Waals surface area contributed by atoms with Crippen LogP contribution in [0, 0.1) is 0 Å². The van der Waals surface area contributed by atoms with E-state index in [0.717, 1.165) is 43.6 Å². The fraction of sp³-hybridized carbons (Fsp3) is 0.611. The lowest BCUT2D eigenvalue weighted by Gasteiger charge is -2.22. The Morgan fingerprint density at radius 1 is 1.17 bits per heavy atom. The van der Waals surface area contributed by atoms with Gasteiger partial charge in [-0.05, 0) is 37.8 Å². The predicted molar refractivity (Wildman–Crippen MR) is 90.2 cm³/mol. The van der Waals surface area contributed by atoms with Crippen molar-refractivity contribution >= 4 is 6.47 Å². The van der Waals surface area contributed by atoms with E-state index in [1.165, 1.54) is 0 Å². The summed E-state index contributed by atoms with van der Waals surface area (Å²) in [6, 6.07) is 7.60. The van der Waals surface area contributed by atoms with E-state index in [-0.39, 0.29) is 13.1 Å². The number of ether oxygens (including phenoxy) is 2. The second-order valence-electron chi connectivity index (χ2n) is 5.00. The molecule has 0 saturated heterocycles. The highest BCUT2D eigenvalue weighted by atomic mass is 16.6. The van der Waals surface area contributed by atoms with Gasteiger partial charge in [-0.1, -0.05) is 37.6 Å². The Bertz CT molecular complexity index is 406. The maximum absolute atomic E-state index is 10.3. The number of rotatable bonds is 10. The summed E-state index contributed by atoms with van der Waals surface area (Å²) < 4.78 is 9.36. The first-order valence-electron chi connectivity index (χ1n) is 8.19. The zero-order valence-corrected chi connectivity index (χ0v) is 14.4. The van der Waals surface area contributed by atoms with Gasteiger partial charge in [0.05, 0.1) is 12.5 Å². The third kappa shape index (κ3) is 8.69. The average molecular weight is 326 g/mol. The minimum absolute atomic E-state index is 0.196. The van der Waals surface area contributed by atoms with Crippen LogP contribution < -0.4 is 0 Å². The molecule has 132 valence electrons. The molecule has 2 N–H and O–H groups in total. The minimum Gasteiger partial charge on any atom is -0.437 e. The van der Waals surface area contributed by atoms with Crippen LogP contribution in [0.5, 0.6) is 0 Å². The molecule has 0 aliphatic rings. The van der Waals surface area contributed by atoms with Gasteiger partial charge in [0.2, 0.25) is 6.29 Å². The maximum atomic E-state index is 10.3. The third-order valence-electron chi connectivity index (χ3n) is 3.40.